The summed E-state index contributed by atoms with van der Waals surface area (Å²) in [6, 6.07) is 4.56. The number of sulfone groups is 1. The Balaban J connectivity index is 2.45. The molecule has 1 heterocycles. The molecule has 20 heavy (non-hydrogen) atoms. The Kier molecular flexibility index (Phi) is 3.67. The van der Waals surface area contributed by atoms with E-state index in [1.165, 1.54) is 10.6 Å². The minimum Gasteiger partial charge on any atom is -0.478 e. The summed E-state index contributed by atoms with van der Waals surface area (Å²) in [4.78, 5) is 25.6. The summed E-state index contributed by atoms with van der Waals surface area (Å²) in [5.74, 6) is -1.19. The fourth-order valence-electron chi connectivity index (χ4n) is 2.09. The number of aromatic amines is 1. The molecule has 2 aromatic rings. The number of aryl methyl sites for hydroxylation is 1. The van der Waals surface area contributed by atoms with E-state index in [9.17, 15) is 18.0 Å². The quantitative estimate of drug-likeness (QED) is 0.833. The summed E-state index contributed by atoms with van der Waals surface area (Å²) in [5.41, 5.74) is 0.287. The van der Waals surface area contributed by atoms with E-state index < -0.39 is 21.5 Å². The van der Waals surface area contributed by atoms with E-state index in [2.05, 4.69) is 4.98 Å². The SMILES string of the molecule is CS(=O)(=O)CCCn1c(=O)[nH]c2cccc(C(=O)O)c21. The van der Waals surface area contributed by atoms with Gasteiger partial charge in [-0.15, -0.1) is 0 Å². The van der Waals surface area contributed by atoms with Gasteiger partial charge >= 0.3 is 11.7 Å². The van der Waals surface area contributed by atoms with Crippen LogP contribution >= 0.6 is 0 Å². The molecular weight excluding hydrogens is 284 g/mol. The number of hydrogen-bond acceptors (Lipinski definition) is 4. The van der Waals surface area contributed by atoms with Crippen molar-refractivity contribution in [3.63, 3.8) is 0 Å². The highest BCUT2D eigenvalue weighted by Gasteiger charge is 2.15. The van der Waals surface area contributed by atoms with Gasteiger partial charge in [0.15, 0.2) is 0 Å². The first-order chi connectivity index (χ1) is 9.29. The van der Waals surface area contributed by atoms with Gasteiger partial charge in [-0.05, 0) is 18.6 Å². The fourth-order valence-corrected chi connectivity index (χ4v) is 2.74. The molecule has 0 amide bonds. The molecule has 8 heteroatoms. The summed E-state index contributed by atoms with van der Waals surface area (Å²) >= 11 is 0. The predicted molar refractivity (Wildman–Crippen MR) is 73.8 cm³/mol. The molecule has 0 aliphatic heterocycles. The highest BCUT2D eigenvalue weighted by molar-refractivity contribution is 7.90. The van der Waals surface area contributed by atoms with Gasteiger partial charge in [-0.25, -0.2) is 18.0 Å². The lowest BCUT2D eigenvalue weighted by atomic mass is 10.2. The maximum Gasteiger partial charge on any atom is 0.337 e. The van der Waals surface area contributed by atoms with Gasteiger partial charge in [0.1, 0.15) is 9.84 Å². The number of imidazole rings is 1. The van der Waals surface area contributed by atoms with Crippen LogP contribution in [0.5, 0.6) is 0 Å². The van der Waals surface area contributed by atoms with Gasteiger partial charge in [0.05, 0.1) is 22.3 Å². The zero-order chi connectivity index (χ0) is 14.9. The van der Waals surface area contributed by atoms with Crippen molar-refractivity contribution in [1.29, 1.82) is 0 Å². The highest BCUT2D eigenvalue weighted by atomic mass is 32.2. The second-order valence-corrected chi connectivity index (χ2v) is 6.83. The van der Waals surface area contributed by atoms with Crippen molar-refractivity contribution in [3.05, 3.63) is 34.2 Å². The van der Waals surface area contributed by atoms with E-state index in [0.717, 1.165) is 6.26 Å². The molecule has 0 bridgehead atoms. The normalized spacial score (nSPS) is 11.8. The summed E-state index contributed by atoms with van der Waals surface area (Å²) in [6.07, 6.45) is 1.37. The smallest absolute Gasteiger partial charge is 0.337 e. The minimum atomic E-state index is -3.11. The molecule has 0 fully saturated rings. The third-order valence-corrected chi connectivity index (χ3v) is 3.95. The number of rotatable bonds is 5. The largest absolute Gasteiger partial charge is 0.478 e. The van der Waals surface area contributed by atoms with E-state index in [1.54, 1.807) is 12.1 Å². The van der Waals surface area contributed by atoms with Crippen LogP contribution in [0.4, 0.5) is 0 Å². The first-order valence-electron chi connectivity index (χ1n) is 5.92. The van der Waals surface area contributed by atoms with Crippen LogP contribution in [-0.4, -0.2) is 41.1 Å². The molecule has 0 aliphatic carbocycles. The Bertz CT molecular complexity index is 816. The predicted octanol–water partition coefficient (Wildman–Crippen LogP) is 0.462. The summed E-state index contributed by atoms with van der Waals surface area (Å²) in [5, 5.41) is 9.15. The molecule has 2 rings (SSSR count). The molecular formula is C12H14N2O5S. The molecule has 0 saturated carbocycles. The minimum absolute atomic E-state index is 0.0141. The van der Waals surface area contributed by atoms with E-state index in [0.29, 0.717) is 11.0 Å². The van der Waals surface area contributed by atoms with Crippen LogP contribution in [0.25, 0.3) is 11.0 Å². The standard InChI is InChI=1S/C12H14N2O5S/c1-20(18,19)7-3-6-14-10-8(11(15)16)4-2-5-9(10)13-12(14)17/h2,4-5H,3,6-7H2,1H3,(H,13,17)(H,15,16). The lowest BCUT2D eigenvalue weighted by molar-refractivity contribution is 0.0698. The topological polar surface area (TPSA) is 109 Å². The number of para-hydroxylation sites is 1. The van der Waals surface area contributed by atoms with Gasteiger partial charge in [0.2, 0.25) is 0 Å². The van der Waals surface area contributed by atoms with Crippen LogP contribution in [0.15, 0.2) is 23.0 Å². The fraction of sp³-hybridized carbons (Fsp3) is 0.333. The Labute approximate surface area is 114 Å². The maximum absolute atomic E-state index is 11.8. The van der Waals surface area contributed by atoms with Crippen molar-refractivity contribution in [1.82, 2.24) is 9.55 Å². The van der Waals surface area contributed by atoms with Gasteiger partial charge in [-0.2, -0.15) is 0 Å². The molecule has 0 radical (unpaired) electrons. The van der Waals surface area contributed by atoms with E-state index >= 15 is 0 Å². The van der Waals surface area contributed by atoms with Crippen LogP contribution in [0.2, 0.25) is 0 Å². The zero-order valence-corrected chi connectivity index (χ0v) is 11.6. The first-order valence-corrected chi connectivity index (χ1v) is 7.98. The van der Waals surface area contributed by atoms with Crippen LogP contribution in [0, 0.1) is 0 Å². The molecule has 0 atom stereocenters. The Morgan fingerprint density at radius 1 is 1.40 bits per heavy atom. The number of aromatic nitrogens is 2. The Morgan fingerprint density at radius 2 is 2.10 bits per heavy atom. The number of carboxylic acid groups (broad SMARTS) is 1. The van der Waals surface area contributed by atoms with E-state index in [1.807, 2.05) is 0 Å². The number of hydrogen-bond donors (Lipinski definition) is 2. The van der Waals surface area contributed by atoms with Gasteiger partial charge in [-0.3, -0.25) is 4.57 Å². The molecule has 0 unspecified atom stereocenters. The number of fused-ring (bicyclic) bond motifs is 1. The van der Waals surface area contributed by atoms with E-state index in [4.69, 9.17) is 5.11 Å². The molecule has 108 valence electrons. The molecule has 1 aromatic carbocycles. The summed E-state index contributed by atoms with van der Waals surface area (Å²) in [7, 11) is -3.11. The molecule has 2 N–H and O–H groups in total. The van der Waals surface area contributed by atoms with Crippen molar-refractivity contribution < 1.29 is 18.3 Å². The molecule has 0 aliphatic rings. The third kappa shape index (κ3) is 2.90. The van der Waals surface area contributed by atoms with Crippen LogP contribution in [0.1, 0.15) is 16.8 Å². The Morgan fingerprint density at radius 3 is 2.70 bits per heavy atom. The summed E-state index contributed by atoms with van der Waals surface area (Å²) in [6.45, 7) is 0.149. The molecule has 1 aromatic heterocycles. The van der Waals surface area contributed by atoms with E-state index in [-0.39, 0.29) is 24.3 Å². The number of benzene rings is 1. The molecule has 0 spiro atoms. The lowest BCUT2D eigenvalue weighted by Gasteiger charge is -2.05. The highest BCUT2D eigenvalue weighted by Crippen LogP contribution is 2.16. The van der Waals surface area contributed by atoms with Gasteiger partial charge < -0.3 is 10.1 Å². The molecule has 0 saturated heterocycles. The monoisotopic (exact) mass is 298 g/mol. The van der Waals surface area contributed by atoms with Gasteiger partial charge in [0.25, 0.3) is 0 Å². The second kappa shape index (κ2) is 5.12. The van der Waals surface area contributed by atoms with Crippen molar-refractivity contribution in [2.45, 2.75) is 13.0 Å². The Hall–Kier alpha value is -2.09. The zero-order valence-electron chi connectivity index (χ0n) is 10.8. The first kappa shape index (κ1) is 14.3. The van der Waals surface area contributed by atoms with Gasteiger partial charge in [0, 0.05) is 12.8 Å². The van der Waals surface area contributed by atoms with Crippen molar-refractivity contribution in [2.75, 3.05) is 12.0 Å². The summed E-state index contributed by atoms with van der Waals surface area (Å²) < 4.78 is 23.5. The van der Waals surface area contributed by atoms with Crippen LogP contribution in [-0.2, 0) is 16.4 Å². The number of H-pyrrole nitrogens is 1. The lowest BCUT2D eigenvalue weighted by Crippen LogP contribution is -2.19. The van der Waals surface area contributed by atoms with Gasteiger partial charge in [-0.1, -0.05) is 6.07 Å². The number of nitrogens with zero attached hydrogens (tertiary/aromatic N) is 1. The molecule has 7 nitrogen and oxygen atoms in total. The van der Waals surface area contributed by atoms with Crippen LogP contribution < -0.4 is 5.69 Å². The number of carbonyl (C=O) groups is 1. The number of aromatic carboxylic acids is 1. The van der Waals surface area contributed by atoms with Crippen molar-refractivity contribution >= 4 is 26.8 Å². The second-order valence-electron chi connectivity index (χ2n) is 4.57. The van der Waals surface area contributed by atoms with Crippen molar-refractivity contribution in [2.24, 2.45) is 0 Å². The van der Waals surface area contributed by atoms with Crippen LogP contribution in [0.3, 0.4) is 0 Å². The average Bonchev–Trinajstić information content (AvgIpc) is 2.64. The van der Waals surface area contributed by atoms with Crippen molar-refractivity contribution in [3.8, 4) is 0 Å². The third-order valence-electron chi connectivity index (χ3n) is 2.92. The maximum atomic E-state index is 11.8. The number of nitrogens with one attached hydrogen (secondary N) is 1. The number of carboxylic acids is 1. The average molecular weight is 298 g/mol.